The molecule has 1 atom stereocenters. The molecule has 1 aliphatic carbocycles. The molecular weight excluding hydrogens is 162 g/mol. The Morgan fingerprint density at radius 2 is 2.08 bits per heavy atom. The fourth-order valence-electron chi connectivity index (χ4n) is 3.24. The molecule has 0 radical (unpaired) electrons. The molecule has 76 valence electrons. The molecule has 1 saturated heterocycles. The molecular formula is C11H21NO. The fourth-order valence-corrected chi connectivity index (χ4v) is 3.24. The minimum atomic E-state index is 0.269. The first-order chi connectivity index (χ1) is 6.27. The first kappa shape index (κ1) is 9.47. The van der Waals surface area contributed by atoms with Gasteiger partial charge in [0, 0.05) is 12.0 Å². The van der Waals surface area contributed by atoms with E-state index in [0.717, 1.165) is 12.5 Å². The number of hydrogen-bond donors (Lipinski definition) is 1. The SMILES string of the molecule is CN1CCC(CO)(C2CCCC2)C1. The van der Waals surface area contributed by atoms with E-state index in [0.29, 0.717) is 6.61 Å². The molecule has 2 heteroatoms. The van der Waals surface area contributed by atoms with Gasteiger partial charge in [0.05, 0.1) is 6.61 Å². The average Bonchev–Trinajstić information content (AvgIpc) is 2.73. The van der Waals surface area contributed by atoms with Crippen LogP contribution in [0.1, 0.15) is 32.1 Å². The van der Waals surface area contributed by atoms with Crippen LogP contribution >= 0.6 is 0 Å². The molecule has 0 bridgehead atoms. The zero-order valence-corrected chi connectivity index (χ0v) is 8.63. The van der Waals surface area contributed by atoms with Gasteiger partial charge >= 0.3 is 0 Å². The van der Waals surface area contributed by atoms with E-state index in [1.54, 1.807) is 0 Å². The average molecular weight is 183 g/mol. The lowest BCUT2D eigenvalue weighted by Gasteiger charge is -2.33. The predicted molar refractivity (Wildman–Crippen MR) is 53.6 cm³/mol. The zero-order chi connectivity index (χ0) is 9.31. The van der Waals surface area contributed by atoms with E-state index in [4.69, 9.17) is 0 Å². The topological polar surface area (TPSA) is 23.5 Å². The van der Waals surface area contributed by atoms with Crippen LogP contribution in [0.15, 0.2) is 0 Å². The molecule has 0 aromatic heterocycles. The molecule has 0 spiro atoms. The lowest BCUT2D eigenvalue weighted by atomic mass is 9.74. The van der Waals surface area contributed by atoms with Crippen LogP contribution in [0.3, 0.4) is 0 Å². The smallest absolute Gasteiger partial charge is 0.0502 e. The molecule has 1 heterocycles. The lowest BCUT2D eigenvalue weighted by molar-refractivity contribution is 0.0723. The van der Waals surface area contributed by atoms with Crippen LogP contribution in [0, 0.1) is 11.3 Å². The molecule has 13 heavy (non-hydrogen) atoms. The van der Waals surface area contributed by atoms with Gasteiger partial charge in [-0.1, -0.05) is 12.8 Å². The van der Waals surface area contributed by atoms with Crippen molar-refractivity contribution < 1.29 is 5.11 Å². The van der Waals surface area contributed by atoms with Crippen LogP contribution in [-0.4, -0.2) is 36.8 Å². The van der Waals surface area contributed by atoms with Gasteiger partial charge in [-0.25, -0.2) is 0 Å². The summed E-state index contributed by atoms with van der Waals surface area (Å²) in [5.74, 6) is 0.808. The number of nitrogens with zero attached hydrogens (tertiary/aromatic N) is 1. The molecule has 0 amide bonds. The van der Waals surface area contributed by atoms with Crippen LogP contribution < -0.4 is 0 Å². The highest BCUT2D eigenvalue weighted by Crippen LogP contribution is 2.45. The quantitative estimate of drug-likeness (QED) is 0.701. The minimum Gasteiger partial charge on any atom is -0.396 e. The number of aliphatic hydroxyl groups is 1. The highest BCUT2D eigenvalue weighted by atomic mass is 16.3. The van der Waals surface area contributed by atoms with Crippen molar-refractivity contribution in [2.75, 3.05) is 26.7 Å². The molecule has 2 nitrogen and oxygen atoms in total. The Balaban J connectivity index is 2.06. The third kappa shape index (κ3) is 1.62. The Morgan fingerprint density at radius 1 is 1.38 bits per heavy atom. The van der Waals surface area contributed by atoms with Crippen molar-refractivity contribution in [3.05, 3.63) is 0 Å². The third-order valence-corrected chi connectivity index (χ3v) is 4.11. The highest BCUT2D eigenvalue weighted by molar-refractivity contribution is 4.95. The molecule has 2 aliphatic rings. The van der Waals surface area contributed by atoms with Gasteiger partial charge in [0.1, 0.15) is 0 Å². The molecule has 1 saturated carbocycles. The van der Waals surface area contributed by atoms with E-state index in [1.165, 1.54) is 38.6 Å². The van der Waals surface area contributed by atoms with Gasteiger partial charge in [0.15, 0.2) is 0 Å². The molecule has 1 aliphatic heterocycles. The molecule has 2 fully saturated rings. The second-order valence-electron chi connectivity index (χ2n) is 4.99. The fraction of sp³-hybridized carbons (Fsp3) is 1.00. The lowest BCUT2D eigenvalue weighted by Crippen LogP contribution is -2.35. The Morgan fingerprint density at radius 3 is 2.54 bits per heavy atom. The first-order valence-corrected chi connectivity index (χ1v) is 5.56. The van der Waals surface area contributed by atoms with Crippen LogP contribution in [0.25, 0.3) is 0 Å². The largest absolute Gasteiger partial charge is 0.396 e. The van der Waals surface area contributed by atoms with Gasteiger partial charge in [-0.15, -0.1) is 0 Å². The number of rotatable bonds is 2. The van der Waals surface area contributed by atoms with Crippen molar-refractivity contribution in [2.45, 2.75) is 32.1 Å². The van der Waals surface area contributed by atoms with E-state index >= 15 is 0 Å². The van der Waals surface area contributed by atoms with Crippen molar-refractivity contribution in [1.29, 1.82) is 0 Å². The normalized spacial score (nSPS) is 37.4. The summed E-state index contributed by atoms with van der Waals surface area (Å²) >= 11 is 0. The predicted octanol–water partition coefficient (Wildman–Crippen LogP) is 1.49. The Hall–Kier alpha value is -0.0800. The van der Waals surface area contributed by atoms with Crippen LogP contribution in [0.4, 0.5) is 0 Å². The Kier molecular flexibility index (Phi) is 2.61. The van der Waals surface area contributed by atoms with E-state index in [2.05, 4.69) is 11.9 Å². The molecule has 1 unspecified atom stereocenters. The number of aliphatic hydroxyl groups excluding tert-OH is 1. The van der Waals surface area contributed by atoms with Gasteiger partial charge in [0.2, 0.25) is 0 Å². The summed E-state index contributed by atoms with van der Waals surface area (Å²) in [6, 6.07) is 0. The van der Waals surface area contributed by atoms with E-state index < -0.39 is 0 Å². The maximum atomic E-state index is 9.57. The summed E-state index contributed by atoms with van der Waals surface area (Å²) in [5, 5.41) is 9.57. The molecule has 1 N–H and O–H groups in total. The molecule has 2 rings (SSSR count). The summed E-state index contributed by atoms with van der Waals surface area (Å²) in [4.78, 5) is 2.37. The maximum Gasteiger partial charge on any atom is 0.0502 e. The van der Waals surface area contributed by atoms with Gasteiger partial charge in [0.25, 0.3) is 0 Å². The van der Waals surface area contributed by atoms with Crippen molar-refractivity contribution in [3.63, 3.8) is 0 Å². The highest BCUT2D eigenvalue weighted by Gasteiger charge is 2.43. The van der Waals surface area contributed by atoms with Crippen LogP contribution in [-0.2, 0) is 0 Å². The molecule has 0 aromatic rings. The van der Waals surface area contributed by atoms with Crippen molar-refractivity contribution in [1.82, 2.24) is 4.90 Å². The van der Waals surface area contributed by atoms with Crippen LogP contribution in [0.2, 0.25) is 0 Å². The van der Waals surface area contributed by atoms with Crippen LogP contribution in [0.5, 0.6) is 0 Å². The standard InChI is InChI=1S/C11H21NO/c1-12-7-6-11(8-12,9-13)10-4-2-3-5-10/h10,13H,2-9H2,1H3. The van der Waals surface area contributed by atoms with E-state index in [9.17, 15) is 5.11 Å². The summed E-state index contributed by atoms with van der Waals surface area (Å²) in [5.41, 5.74) is 0.269. The Labute approximate surface area is 80.9 Å². The second-order valence-corrected chi connectivity index (χ2v) is 4.99. The van der Waals surface area contributed by atoms with Gasteiger partial charge < -0.3 is 10.0 Å². The van der Waals surface area contributed by atoms with Crippen molar-refractivity contribution in [3.8, 4) is 0 Å². The van der Waals surface area contributed by atoms with Gasteiger partial charge in [-0.2, -0.15) is 0 Å². The first-order valence-electron chi connectivity index (χ1n) is 5.56. The summed E-state index contributed by atoms with van der Waals surface area (Å²) in [7, 11) is 2.17. The second kappa shape index (κ2) is 3.58. The zero-order valence-electron chi connectivity index (χ0n) is 8.63. The molecule has 0 aromatic carbocycles. The minimum absolute atomic E-state index is 0.269. The van der Waals surface area contributed by atoms with E-state index in [1.807, 2.05) is 0 Å². The third-order valence-electron chi connectivity index (χ3n) is 4.11. The van der Waals surface area contributed by atoms with Gasteiger partial charge in [-0.3, -0.25) is 0 Å². The van der Waals surface area contributed by atoms with Gasteiger partial charge in [-0.05, 0) is 38.8 Å². The summed E-state index contributed by atoms with van der Waals surface area (Å²) < 4.78 is 0. The number of hydrogen-bond acceptors (Lipinski definition) is 2. The van der Waals surface area contributed by atoms with E-state index in [-0.39, 0.29) is 5.41 Å². The van der Waals surface area contributed by atoms with Crippen molar-refractivity contribution >= 4 is 0 Å². The van der Waals surface area contributed by atoms with Crippen molar-refractivity contribution in [2.24, 2.45) is 11.3 Å². The summed E-state index contributed by atoms with van der Waals surface area (Å²) in [6.45, 7) is 2.70. The number of likely N-dealkylation sites (tertiary alicyclic amines) is 1. The monoisotopic (exact) mass is 183 g/mol. The maximum absolute atomic E-state index is 9.57. The Bertz CT molecular complexity index is 177. The summed E-state index contributed by atoms with van der Waals surface area (Å²) in [6.07, 6.45) is 6.69.